The average Bonchev–Trinajstić information content (AvgIpc) is 3.05. The molecule has 0 aliphatic carbocycles. The van der Waals surface area contributed by atoms with E-state index in [0.29, 0.717) is 17.1 Å². The molecule has 5 heteroatoms. The Kier molecular flexibility index (Phi) is 4.83. The van der Waals surface area contributed by atoms with Gasteiger partial charge in [0.1, 0.15) is 23.1 Å². The molecule has 2 rings (SSSR count). The predicted molar refractivity (Wildman–Crippen MR) is 79.0 cm³/mol. The van der Waals surface area contributed by atoms with Crippen molar-refractivity contribution in [1.29, 1.82) is 5.26 Å². The Hall–Kier alpha value is -2.48. The molecule has 1 aliphatic rings. The molecule has 1 aliphatic heterocycles. The summed E-state index contributed by atoms with van der Waals surface area (Å²) < 4.78 is 10.4. The lowest BCUT2D eigenvalue weighted by atomic mass is 10.1. The number of likely N-dealkylation sites (tertiary alicyclic amines) is 1. The molecular weight excluding hydrogens is 268 g/mol. The summed E-state index contributed by atoms with van der Waals surface area (Å²) in [7, 11) is 3.12. The van der Waals surface area contributed by atoms with Crippen LogP contribution in [0.15, 0.2) is 23.8 Å². The Morgan fingerprint density at radius 3 is 2.24 bits per heavy atom. The van der Waals surface area contributed by atoms with Gasteiger partial charge < -0.3 is 14.4 Å². The highest BCUT2D eigenvalue weighted by Gasteiger charge is 2.21. The van der Waals surface area contributed by atoms with Gasteiger partial charge in [-0.25, -0.2) is 0 Å². The molecule has 1 heterocycles. The maximum Gasteiger partial charge on any atom is 0.264 e. The van der Waals surface area contributed by atoms with Crippen LogP contribution in [0.4, 0.5) is 0 Å². The Labute approximate surface area is 124 Å². The van der Waals surface area contributed by atoms with Crippen LogP contribution in [-0.4, -0.2) is 38.1 Å². The number of methoxy groups -OCH3 is 2. The number of amides is 1. The van der Waals surface area contributed by atoms with E-state index >= 15 is 0 Å². The first-order valence-electron chi connectivity index (χ1n) is 6.82. The summed E-state index contributed by atoms with van der Waals surface area (Å²) >= 11 is 0. The van der Waals surface area contributed by atoms with Gasteiger partial charge in [0.05, 0.1) is 14.2 Å². The van der Waals surface area contributed by atoms with Crippen LogP contribution in [-0.2, 0) is 4.79 Å². The van der Waals surface area contributed by atoms with E-state index in [1.165, 1.54) is 0 Å². The third kappa shape index (κ3) is 3.54. The minimum atomic E-state index is -0.211. The smallest absolute Gasteiger partial charge is 0.264 e. The van der Waals surface area contributed by atoms with Crippen molar-refractivity contribution >= 4 is 12.0 Å². The van der Waals surface area contributed by atoms with E-state index < -0.39 is 0 Å². The van der Waals surface area contributed by atoms with Crippen LogP contribution in [0.2, 0.25) is 0 Å². The van der Waals surface area contributed by atoms with Crippen LogP contribution < -0.4 is 9.47 Å². The highest BCUT2D eigenvalue weighted by atomic mass is 16.5. The molecule has 21 heavy (non-hydrogen) atoms. The SMILES string of the molecule is COc1cc(/C=C(\C#N)C(=O)N2CCCC2)cc(OC)c1. The van der Waals surface area contributed by atoms with E-state index in [4.69, 9.17) is 9.47 Å². The lowest BCUT2D eigenvalue weighted by Crippen LogP contribution is -2.28. The molecule has 0 atom stereocenters. The molecule has 0 saturated carbocycles. The minimum absolute atomic E-state index is 0.132. The van der Waals surface area contributed by atoms with Gasteiger partial charge in [0, 0.05) is 19.2 Å². The van der Waals surface area contributed by atoms with E-state index in [9.17, 15) is 10.1 Å². The predicted octanol–water partition coefficient (Wildman–Crippen LogP) is 2.23. The van der Waals surface area contributed by atoms with Crippen LogP contribution in [0.25, 0.3) is 6.08 Å². The molecule has 0 spiro atoms. The zero-order valence-corrected chi connectivity index (χ0v) is 12.3. The number of hydrogen-bond acceptors (Lipinski definition) is 4. The molecule has 1 saturated heterocycles. The number of nitrogens with zero attached hydrogens (tertiary/aromatic N) is 2. The van der Waals surface area contributed by atoms with Crippen molar-refractivity contribution in [3.63, 3.8) is 0 Å². The molecule has 5 nitrogen and oxygen atoms in total. The number of benzene rings is 1. The fraction of sp³-hybridized carbons (Fsp3) is 0.375. The largest absolute Gasteiger partial charge is 0.497 e. The summed E-state index contributed by atoms with van der Waals surface area (Å²) in [5.74, 6) is 1.02. The normalized spacial score (nSPS) is 14.7. The first-order valence-corrected chi connectivity index (χ1v) is 6.82. The highest BCUT2D eigenvalue weighted by molar-refractivity contribution is 6.01. The quantitative estimate of drug-likeness (QED) is 0.629. The van der Waals surface area contributed by atoms with E-state index in [0.717, 1.165) is 25.9 Å². The molecule has 0 unspecified atom stereocenters. The number of nitriles is 1. The topological polar surface area (TPSA) is 62.6 Å². The third-order valence-corrected chi connectivity index (χ3v) is 3.43. The molecular formula is C16H18N2O3. The van der Waals surface area contributed by atoms with Crippen LogP contribution in [0.3, 0.4) is 0 Å². The van der Waals surface area contributed by atoms with E-state index in [-0.39, 0.29) is 11.5 Å². The van der Waals surface area contributed by atoms with Crippen molar-refractivity contribution in [2.24, 2.45) is 0 Å². The zero-order chi connectivity index (χ0) is 15.2. The van der Waals surface area contributed by atoms with Gasteiger partial charge in [0.25, 0.3) is 5.91 Å². The molecule has 1 fully saturated rings. The molecule has 110 valence electrons. The van der Waals surface area contributed by atoms with Crippen molar-refractivity contribution < 1.29 is 14.3 Å². The van der Waals surface area contributed by atoms with Crippen LogP contribution in [0.5, 0.6) is 11.5 Å². The van der Waals surface area contributed by atoms with Gasteiger partial charge in [-0.2, -0.15) is 5.26 Å². The lowest BCUT2D eigenvalue weighted by Gasteiger charge is -2.14. The zero-order valence-electron chi connectivity index (χ0n) is 12.3. The number of carbonyl (C=O) groups is 1. The molecule has 1 aromatic rings. The number of rotatable bonds is 4. The standard InChI is InChI=1S/C16H18N2O3/c1-20-14-8-12(9-15(10-14)21-2)7-13(11-17)16(19)18-5-3-4-6-18/h7-10H,3-6H2,1-2H3/b13-7+. The molecule has 0 aromatic heterocycles. The Morgan fingerprint density at radius 1 is 1.19 bits per heavy atom. The molecule has 0 N–H and O–H groups in total. The van der Waals surface area contributed by atoms with Crippen molar-refractivity contribution in [3.05, 3.63) is 29.3 Å². The fourth-order valence-electron chi connectivity index (χ4n) is 2.31. The maximum atomic E-state index is 12.3. The maximum absolute atomic E-state index is 12.3. The second-order valence-electron chi connectivity index (χ2n) is 4.82. The van der Waals surface area contributed by atoms with Gasteiger partial charge in [0.15, 0.2) is 0 Å². The van der Waals surface area contributed by atoms with E-state index in [1.54, 1.807) is 43.4 Å². The van der Waals surface area contributed by atoms with Crippen molar-refractivity contribution in [2.75, 3.05) is 27.3 Å². The van der Waals surface area contributed by atoms with Gasteiger partial charge >= 0.3 is 0 Å². The van der Waals surface area contributed by atoms with Crippen molar-refractivity contribution in [2.45, 2.75) is 12.8 Å². The van der Waals surface area contributed by atoms with Crippen LogP contribution in [0.1, 0.15) is 18.4 Å². The molecule has 0 bridgehead atoms. The summed E-state index contributed by atoms with van der Waals surface area (Å²) in [6, 6.07) is 7.25. The van der Waals surface area contributed by atoms with Crippen LogP contribution in [0, 0.1) is 11.3 Å². The summed E-state index contributed by atoms with van der Waals surface area (Å²) in [4.78, 5) is 14.0. The van der Waals surface area contributed by atoms with Crippen molar-refractivity contribution in [3.8, 4) is 17.6 Å². The minimum Gasteiger partial charge on any atom is -0.497 e. The van der Waals surface area contributed by atoms with Gasteiger partial charge in [-0.15, -0.1) is 0 Å². The summed E-state index contributed by atoms with van der Waals surface area (Å²) in [6.45, 7) is 1.44. The second kappa shape index (κ2) is 6.80. The van der Waals surface area contributed by atoms with Crippen molar-refractivity contribution in [1.82, 2.24) is 4.90 Å². The summed E-state index contributed by atoms with van der Waals surface area (Å²) in [6.07, 6.45) is 3.57. The van der Waals surface area contributed by atoms with E-state index in [1.807, 2.05) is 6.07 Å². The third-order valence-electron chi connectivity index (χ3n) is 3.43. The summed E-state index contributed by atoms with van der Waals surface area (Å²) in [5, 5.41) is 9.24. The van der Waals surface area contributed by atoms with Gasteiger partial charge in [-0.05, 0) is 36.6 Å². The van der Waals surface area contributed by atoms with Crippen LogP contribution >= 0.6 is 0 Å². The highest BCUT2D eigenvalue weighted by Crippen LogP contribution is 2.24. The first-order chi connectivity index (χ1) is 10.2. The molecule has 1 amide bonds. The lowest BCUT2D eigenvalue weighted by molar-refractivity contribution is -0.125. The first kappa shape index (κ1) is 14.9. The van der Waals surface area contributed by atoms with Gasteiger partial charge in [-0.1, -0.05) is 0 Å². The Morgan fingerprint density at radius 2 is 1.76 bits per heavy atom. The molecule has 0 radical (unpaired) electrons. The number of hydrogen-bond donors (Lipinski definition) is 0. The number of ether oxygens (including phenoxy) is 2. The number of carbonyl (C=O) groups excluding carboxylic acids is 1. The molecule has 1 aromatic carbocycles. The second-order valence-corrected chi connectivity index (χ2v) is 4.82. The Balaban J connectivity index is 2.31. The summed E-state index contributed by atoms with van der Waals surface area (Å²) in [5.41, 5.74) is 0.836. The Bertz CT molecular complexity index is 574. The monoisotopic (exact) mass is 286 g/mol. The fourth-order valence-corrected chi connectivity index (χ4v) is 2.31. The van der Waals surface area contributed by atoms with Gasteiger partial charge in [-0.3, -0.25) is 4.79 Å². The average molecular weight is 286 g/mol. The van der Waals surface area contributed by atoms with Gasteiger partial charge in [0.2, 0.25) is 0 Å². The van der Waals surface area contributed by atoms with E-state index in [2.05, 4.69) is 0 Å².